The minimum Gasteiger partial charge on any atom is -0.292 e. The van der Waals surface area contributed by atoms with E-state index >= 15 is 0 Å². The van der Waals surface area contributed by atoms with Crippen LogP contribution in [0.15, 0.2) is 54.6 Å². The van der Waals surface area contributed by atoms with Crippen LogP contribution < -0.4 is 0 Å². The Morgan fingerprint density at radius 1 is 0.970 bits per heavy atom. The molecule has 3 amide bonds. The van der Waals surface area contributed by atoms with Gasteiger partial charge in [0.2, 0.25) is 0 Å². The van der Waals surface area contributed by atoms with Gasteiger partial charge >= 0.3 is 0 Å². The lowest BCUT2D eigenvalue weighted by Crippen LogP contribution is -2.52. The van der Waals surface area contributed by atoms with E-state index in [0.29, 0.717) is 5.02 Å². The Morgan fingerprint density at radius 3 is 2.15 bits per heavy atom. The van der Waals surface area contributed by atoms with Crippen molar-refractivity contribution in [3.8, 4) is 0 Å². The molecule has 2 bridgehead atoms. The second kappa shape index (κ2) is 8.08. The fraction of sp³-hybridized carbons (Fsp3) is 0.250. The van der Waals surface area contributed by atoms with Gasteiger partial charge < -0.3 is 0 Å². The molecule has 5 rings (SSSR count). The maximum atomic E-state index is 13.5. The summed E-state index contributed by atoms with van der Waals surface area (Å²) in [4.78, 5) is 53.1. The number of amides is 3. The topological polar surface area (TPSA) is 74.8 Å². The molecule has 0 spiro atoms. The largest absolute Gasteiger partial charge is 0.292 e. The van der Waals surface area contributed by atoms with Crippen LogP contribution in [-0.2, 0) is 9.59 Å². The van der Waals surface area contributed by atoms with Crippen molar-refractivity contribution in [2.75, 3.05) is 6.54 Å². The monoisotopic (exact) mass is 486 g/mol. The molecular weight excluding hydrogens is 470 g/mol. The second-order valence-corrected chi connectivity index (χ2v) is 9.25. The van der Waals surface area contributed by atoms with E-state index in [2.05, 4.69) is 0 Å². The molecule has 0 N–H and O–H groups in total. The van der Waals surface area contributed by atoms with Gasteiger partial charge in [-0.15, -0.1) is 0 Å². The average molecular weight is 487 g/mol. The zero-order chi connectivity index (χ0) is 23.4. The normalized spacial score (nSPS) is 25.0. The molecule has 2 aromatic rings. The number of nitrogens with zero attached hydrogens (tertiary/aromatic N) is 2. The summed E-state index contributed by atoms with van der Waals surface area (Å²) in [6.45, 7) is -0.594. The van der Waals surface area contributed by atoms with Gasteiger partial charge in [-0.3, -0.25) is 19.2 Å². The van der Waals surface area contributed by atoms with Gasteiger partial charge in [-0.05, 0) is 60.7 Å². The highest BCUT2D eigenvalue weighted by molar-refractivity contribution is 6.36. The van der Waals surface area contributed by atoms with Crippen molar-refractivity contribution in [3.05, 3.63) is 81.6 Å². The summed E-state index contributed by atoms with van der Waals surface area (Å²) in [5.41, 5.74) is 0.129. The summed E-state index contributed by atoms with van der Waals surface area (Å²) < 4.78 is 13.3. The molecule has 2 aliphatic carbocycles. The van der Waals surface area contributed by atoms with E-state index in [9.17, 15) is 23.6 Å². The van der Waals surface area contributed by atoms with Gasteiger partial charge in [0, 0.05) is 10.6 Å². The molecule has 0 unspecified atom stereocenters. The highest BCUT2D eigenvalue weighted by Gasteiger charge is 2.61. The third-order valence-corrected chi connectivity index (χ3v) is 7.09. The van der Waals surface area contributed by atoms with Crippen molar-refractivity contribution in [3.63, 3.8) is 0 Å². The first kappa shape index (κ1) is 21.8. The predicted octanol–water partition coefficient (Wildman–Crippen LogP) is 4.18. The zero-order valence-corrected chi connectivity index (χ0v) is 18.6. The van der Waals surface area contributed by atoms with Gasteiger partial charge in [-0.2, -0.15) is 5.01 Å². The highest BCUT2D eigenvalue weighted by atomic mass is 35.5. The molecule has 9 heteroatoms. The smallest absolute Gasteiger partial charge is 0.274 e. The van der Waals surface area contributed by atoms with Crippen LogP contribution in [0.25, 0.3) is 0 Å². The Labute approximate surface area is 198 Å². The minimum atomic E-state index is -0.783. The number of imide groups is 1. The van der Waals surface area contributed by atoms with E-state index in [-0.39, 0.29) is 28.0 Å². The third-order valence-electron chi connectivity index (χ3n) is 6.54. The Balaban J connectivity index is 1.52. The predicted molar refractivity (Wildman–Crippen MR) is 118 cm³/mol. The molecule has 168 valence electrons. The lowest BCUT2D eigenvalue weighted by atomic mass is 9.85. The van der Waals surface area contributed by atoms with E-state index in [1.54, 1.807) is 0 Å². The number of allylic oxidation sites excluding steroid dienone is 2. The summed E-state index contributed by atoms with van der Waals surface area (Å²) in [6.07, 6.45) is 4.60. The van der Waals surface area contributed by atoms with Crippen molar-refractivity contribution in [2.45, 2.75) is 6.42 Å². The van der Waals surface area contributed by atoms with E-state index in [1.807, 2.05) is 12.2 Å². The van der Waals surface area contributed by atoms with Crippen LogP contribution in [0.5, 0.6) is 0 Å². The first-order valence-corrected chi connectivity index (χ1v) is 11.1. The van der Waals surface area contributed by atoms with Crippen molar-refractivity contribution < 1.29 is 23.6 Å². The molecule has 1 saturated heterocycles. The number of halogens is 3. The summed E-state index contributed by atoms with van der Waals surface area (Å²) in [5.74, 6) is -4.11. The number of hydrogen-bond acceptors (Lipinski definition) is 4. The summed E-state index contributed by atoms with van der Waals surface area (Å²) in [6, 6.07) is 8.99. The van der Waals surface area contributed by atoms with Crippen LogP contribution in [0.2, 0.25) is 10.0 Å². The summed E-state index contributed by atoms with van der Waals surface area (Å²) in [5, 5.41) is 1.98. The fourth-order valence-corrected chi connectivity index (χ4v) is 5.51. The molecule has 1 aliphatic heterocycles. The molecule has 1 heterocycles. The number of hydrogen-bond donors (Lipinski definition) is 0. The van der Waals surface area contributed by atoms with E-state index in [0.717, 1.165) is 28.6 Å². The lowest BCUT2D eigenvalue weighted by Gasteiger charge is -2.31. The van der Waals surface area contributed by atoms with Gasteiger partial charge in [-0.1, -0.05) is 35.4 Å². The van der Waals surface area contributed by atoms with Gasteiger partial charge in [0.1, 0.15) is 12.4 Å². The Hall–Kier alpha value is -3.03. The minimum absolute atomic E-state index is 0.00766. The van der Waals surface area contributed by atoms with Crippen LogP contribution in [0.4, 0.5) is 4.39 Å². The molecule has 0 aromatic heterocycles. The zero-order valence-electron chi connectivity index (χ0n) is 17.1. The standard InChI is InChI=1S/C24H17Cl2FN2O4/c25-15-5-8-17(18(26)10-15)22(31)28(11-19(30)12-3-6-16(27)7-4-12)29-23(32)20-13-1-2-14(9-13)21(20)24(29)33/h1-8,10,13-14,20-21H,9,11H2/t13-,14-,20-,21+/m0/s1. The number of hydrazine groups is 1. The van der Waals surface area contributed by atoms with Crippen molar-refractivity contribution >= 4 is 46.7 Å². The molecule has 1 saturated carbocycles. The molecule has 4 atom stereocenters. The lowest BCUT2D eigenvalue weighted by molar-refractivity contribution is -0.154. The fourth-order valence-electron chi connectivity index (χ4n) is 5.02. The van der Waals surface area contributed by atoms with E-state index in [1.165, 1.54) is 30.3 Å². The Kier molecular flexibility index (Phi) is 5.34. The molecule has 0 radical (unpaired) electrons. The van der Waals surface area contributed by atoms with Crippen molar-refractivity contribution in [2.24, 2.45) is 23.7 Å². The number of ketones is 1. The SMILES string of the molecule is O=C(CN(C(=O)c1ccc(Cl)cc1Cl)N1C(=O)[C@@H]2[C@H](C1=O)[C@H]1C=C[C@H]2C1)c1ccc(F)cc1. The Morgan fingerprint density at radius 2 is 1.58 bits per heavy atom. The molecule has 6 nitrogen and oxygen atoms in total. The molecule has 3 aliphatic rings. The van der Waals surface area contributed by atoms with Crippen LogP contribution in [-0.4, -0.2) is 40.1 Å². The van der Waals surface area contributed by atoms with Crippen molar-refractivity contribution in [1.82, 2.24) is 10.0 Å². The van der Waals surface area contributed by atoms with Gasteiger partial charge in [-0.25, -0.2) is 9.40 Å². The van der Waals surface area contributed by atoms with Gasteiger partial charge in [0.05, 0.1) is 22.4 Å². The first-order chi connectivity index (χ1) is 15.8. The maximum Gasteiger partial charge on any atom is 0.274 e. The maximum absolute atomic E-state index is 13.5. The molecule has 33 heavy (non-hydrogen) atoms. The third kappa shape index (κ3) is 3.56. The van der Waals surface area contributed by atoms with Crippen LogP contribution in [0, 0.1) is 29.5 Å². The number of fused-ring (bicyclic) bond motifs is 5. The number of Topliss-reactive ketones (excluding diaryl/α,β-unsaturated/α-hetero) is 1. The number of carbonyl (C=O) groups excluding carboxylic acids is 4. The highest BCUT2D eigenvalue weighted by Crippen LogP contribution is 2.52. The quantitative estimate of drug-likeness (QED) is 0.361. The van der Waals surface area contributed by atoms with Gasteiger partial charge in [0.15, 0.2) is 5.78 Å². The first-order valence-electron chi connectivity index (χ1n) is 10.4. The number of benzene rings is 2. The van der Waals surface area contributed by atoms with E-state index < -0.39 is 47.7 Å². The number of carbonyl (C=O) groups is 4. The van der Waals surface area contributed by atoms with E-state index in [4.69, 9.17) is 23.2 Å². The average Bonchev–Trinajstić information content (AvgIpc) is 3.46. The second-order valence-electron chi connectivity index (χ2n) is 8.41. The van der Waals surface area contributed by atoms with Crippen molar-refractivity contribution in [1.29, 1.82) is 0 Å². The Bertz CT molecular complexity index is 1200. The number of rotatable bonds is 5. The van der Waals surface area contributed by atoms with Crippen LogP contribution >= 0.6 is 23.2 Å². The summed E-state index contributed by atoms with van der Waals surface area (Å²) >= 11 is 12.1. The molecule has 2 aromatic carbocycles. The van der Waals surface area contributed by atoms with Crippen LogP contribution in [0.3, 0.4) is 0 Å². The van der Waals surface area contributed by atoms with Gasteiger partial charge in [0.25, 0.3) is 17.7 Å². The molecule has 2 fully saturated rings. The van der Waals surface area contributed by atoms with Crippen LogP contribution in [0.1, 0.15) is 27.1 Å². The summed E-state index contributed by atoms with van der Waals surface area (Å²) in [7, 11) is 0. The molecular formula is C24H17Cl2FN2O4.